The molecule has 2 aliphatic heterocycles. The van der Waals surface area contributed by atoms with Crippen LogP contribution in [0.2, 0.25) is 10.0 Å². The maximum absolute atomic E-state index is 13.4. The number of oxime groups is 1. The van der Waals surface area contributed by atoms with E-state index in [1.807, 2.05) is 18.2 Å². The van der Waals surface area contributed by atoms with E-state index in [1.165, 1.54) is 12.7 Å². The fraction of sp³-hybridized carbons (Fsp3) is 0.487. The fourth-order valence-corrected chi connectivity index (χ4v) is 7.55. The fourth-order valence-electron chi connectivity index (χ4n) is 7.24. The minimum Gasteiger partial charge on any atom is -0.399 e. The predicted octanol–water partition coefficient (Wildman–Crippen LogP) is 9.92. The van der Waals surface area contributed by atoms with E-state index in [1.54, 1.807) is 18.2 Å². The summed E-state index contributed by atoms with van der Waals surface area (Å²) in [6, 6.07) is 16.6. The van der Waals surface area contributed by atoms with Crippen LogP contribution in [0.3, 0.4) is 0 Å². The number of benzene rings is 3. The summed E-state index contributed by atoms with van der Waals surface area (Å²) in [6.45, 7) is 3.11. The van der Waals surface area contributed by atoms with Gasteiger partial charge in [0.25, 0.3) is 0 Å². The number of carbonyl (C=O) groups excluding carboxylic acids is 1. The lowest BCUT2D eigenvalue weighted by molar-refractivity contribution is -0.143. The Morgan fingerprint density at radius 2 is 1.55 bits per heavy atom. The second kappa shape index (κ2) is 18.3. The maximum atomic E-state index is 13.4. The quantitative estimate of drug-likeness (QED) is 0.0928. The molecule has 0 spiro atoms. The van der Waals surface area contributed by atoms with E-state index in [0.29, 0.717) is 46.8 Å². The number of alkyl halides is 6. The molecule has 1 amide bonds. The summed E-state index contributed by atoms with van der Waals surface area (Å²) in [4.78, 5) is 22.9. The van der Waals surface area contributed by atoms with Crippen LogP contribution in [0.25, 0.3) is 0 Å². The number of hydrogen-bond donors (Lipinski definition) is 0. The zero-order valence-corrected chi connectivity index (χ0v) is 30.9. The van der Waals surface area contributed by atoms with Crippen molar-refractivity contribution in [2.75, 3.05) is 46.4 Å². The van der Waals surface area contributed by atoms with Crippen molar-refractivity contribution in [3.63, 3.8) is 0 Å². The van der Waals surface area contributed by atoms with Gasteiger partial charge in [-0.2, -0.15) is 26.3 Å². The molecule has 6 nitrogen and oxygen atoms in total. The van der Waals surface area contributed by atoms with Gasteiger partial charge in [-0.15, -0.1) is 0 Å². The lowest BCUT2D eigenvalue weighted by atomic mass is 9.88. The molecule has 0 radical (unpaired) electrons. The van der Waals surface area contributed by atoms with Gasteiger partial charge in [0.2, 0.25) is 5.91 Å². The van der Waals surface area contributed by atoms with E-state index >= 15 is 0 Å². The van der Waals surface area contributed by atoms with Gasteiger partial charge in [0.05, 0.1) is 40.1 Å². The Labute approximate surface area is 316 Å². The molecule has 3 aromatic carbocycles. The molecule has 2 unspecified atom stereocenters. The molecule has 53 heavy (non-hydrogen) atoms. The standard InChI is InChI=1S/C39H43Cl2F6N3O3/c1-52-48-36(25-53-24-28-19-31(38(42,43)44)22-32(20-28)39(45,46)47)33(29-9-10-34(40)35(41)21-29)13-17-49-15-11-27(12-16-49)23-50-14-5-8-30(37(50)51)18-26-6-3-2-4-7-26/h2-4,6-7,9-10,19-22,27,30,33H,5,8,11-18,23-25H2,1H3/b48-36+. The average molecular weight is 787 g/mol. The first-order valence-electron chi connectivity index (χ1n) is 17.7. The molecule has 2 heterocycles. The van der Waals surface area contributed by atoms with Crippen molar-refractivity contribution in [3.05, 3.63) is 105 Å². The van der Waals surface area contributed by atoms with E-state index in [-0.39, 0.29) is 30.1 Å². The van der Waals surface area contributed by atoms with Gasteiger partial charge in [0.1, 0.15) is 7.11 Å². The number of ether oxygens (including phenoxy) is 1. The highest BCUT2D eigenvalue weighted by molar-refractivity contribution is 6.42. The molecule has 0 aromatic heterocycles. The highest BCUT2D eigenvalue weighted by Gasteiger charge is 2.37. The Bertz CT molecular complexity index is 1670. The van der Waals surface area contributed by atoms with Crippen LogP contribution in [0, 0.1) is 11.8 Å². The second-order valence-corrected chi connectivity index (χ2v) is 14.6. The van der Waals surface area contributed by atoms with Crippen molar-refractivity contribution in [2.45, 2.75) is 63.4 Å². The summed E-state index contributed by atoms with van der Waals surface area (Å²) < 4.78 is 86.2. The smallest absolute Gasteiger partial charge is 0.399 e. The number of nitrogens with zero attached hydrogens (tertiary/aromatic N) is 3. The van der Waals surface area contributed by atoms with Crippen molar-refractivity contribution in [2.24, 2.45) is 17.0 Å². The molecule has 288 valence electrons. The van der Waals surface area contributed by atoms with Crippen LogP contribution < -0.4 is 0 Å². The van der Waals surface area contributed by atoms with Crippen LogP contribution in [0.1, 0.15) is 65.8 Å². The van der Waals surface area contributed by atoms with Crippen molar-refractivity contribution in [3.8, 4) is 0 Å². The van der Waals surface area contributed by atoms with E-state index < -0.39 is 36.0 Å². The molecule has 0 N–H and O–H groups in total. The van der Waals surface area contributed by atoms with Crippen LogP contribution in [0.4, 0.5) is 26.3 Å². The van der Waals surface area contributed by atoms with E-state index in [4.69, 9.17) is 32.8 Å². The molecule has 0 bridgehead atoms. The third-order valence-electron chi connectivity index (χ3n) is 10.0. The first-order valence-corrected chi connectivity index (χ1v) is 18.4. The average Bonchev–Trinajstić information content (AvgIpc) is 3.12. The van der Waals surface area contributed by atoms with Gasteiger partial charge in [-0.25, -0.2) is 0 Å². The Morgan fingerprint density at radius 3 is 2.17 bits per heavy atom. The molecule has 14 heteroatoms. The lowest BCUT2D eigenvalue weighted by Gasteiger charge is -2.38. The molecule has 2 saturated heterocycles. The Balaban J connectivity index is 1.20. The first-order chi connectivity index (χ1) is 25.2. The summed E-state index contributed by atoms with van der Waals surface area (Å²) in [6.07, 6.45) is -4.85. The zero-order valence-electron chi connectivity index (χ0n) is 29.4. The van der Waals surface area contributed by atoms with Crippen LogP contribution in [-0.2, 0) is 39.7 Å². The van der Waals surface area contributed by atoms with Crippen LogP contribution in [0.15, 0.2) is 71.9 Å². The molecular weight excluding hydrogens is 743 g/mol. The van der Waals surface area contributed by atoms with Gasteiger partial charge in [0, 0.05) is 24.9 Å². The topological polar surface area (TPSA) is 54.4 Å². The number of carbonyl (C=O) groups is 1. The third kappa shape index (κ3) is 11.6. The second-order valence-electron chi connectivity index (χ2n) is 13.8. The number of halogens is 8. The molecule has 2 fully saturated rings. The van der Waals surface area contributed by atoms with Crippen LogP contribution in [-0.4, -0.2) is 67.9 Å². The molecule has 0 aliphatic carbocycles. The summed E-state index contributed by atoms with van der Waals surface area (Å²) in [5, 5.41) is 4.84. The van der Waals surface area contributed by atoms with E-state index in [2.05, 4.69) is 27.1 Å². The van der Waals surface area contributed by atoms with Crippen LogP contribution in [0.5, 0.6) is 0 Å². The molecule has 2 aliphatic rings. The monoisotopic (exact) mass is 785 g/mol. The maximum Gasteiger partial charge on any atom is 0.416 e. The van der Waals surface area contributed by atoms with Gasteiger partial charge in [-0.05, 0) is 111 Å². The predicted molar refractivity (Wildman–Crippen MR) is 193 cm³/mol. The summed E-state index contributed by atoms with van der Waals surface area (Å²) >= 11 is 12.6. The number of rotatable bonds is 14. The number of piperidine rings is 2. The Kier molecular flexibility index (Phi) is 14.1. The number of amides is 1. The zero-order chi connectivity index (χ0) is 38.2. The summed E-state index contributed by atoms with van der Waals surface area (Å²) in [5.74, 6) is 0.235. The minimum absolute atomic E-state index is 0.0129. The van der Waals surface area contributed by atoms with Gasteiger partial charge in [-0.3, -0.25) is 4.79 Å². The van der Waals surface area contributed by atoms with Crippen molar-refractivity contribution >= 4 is 34.8 Å². The van der Waals surface area contributed by atoms with Gasteiger partial charge < -0.3 is 19.4 Å². The molecule has 3 aromatic rings. The first kappa shape index (κ1) is 40.9. The minimum atomic E-state index is -4.97. The van der Waals surface area contributed by atoms with Crippen LogP contribution >= 0.6 is 23.2 Å². The van der Waals surface area contributed by atoms with Crippen molar-refractivity contribution in [1.29, 1.82) is 0 Å². The molecule has 0 saturated carbocycles. The van der Waals surface area contributed by atoms with Crippen molar-refractivity contribution < 1.29 is 40.7 Å². The van der Waals surface area contributed by atoms with Gasteiger partial charge in [0.15, 0.2) is 0 Å². The van der Waals surface area contributed by atoms with E-state index in [9.17, 15) is 31.1 Å². The largest absolute Gasteiger partial charge is 0.416 e. The Morgan fingerprint density at radius 1 is 0.868 bits per heavy atom. The number of hydrogen-bond acceptors (Lipinski definition) is 5. The SMILES string of the molecule is CO/N=C(\COCc1cc(C(F)(F)F)cc(C(F)(F)F)c1)C(CCN1CCC(CN2CCCC(Cc3ccccc3)C2=O)CC1)c1ccc(Cl)c(Cl)c1. The Hall–Kier alpha value is -3.32. The normalized spacial score (nSPS) is 18.7. The highest BCUT2D eigenvalue weighted by Crippen LogP contribution is 2.37. The molecular formula is C39H43Cl2F6N3O3. The highest BCUT2D eigenvalue weighted by atomic mass is 35.5. The summed E-state index contributed by atoms with van der Waals surface area (Å²) in [7, 11) is 1.34. The third-order valence-corrected chi connectivity index (χ3v) is 10.7. The van der Waals surface area contributed by atoms with Crippen molar-refractivity contribution in [1.82, 2.24) is 9.80 Å². The summed E-state index contributed by atoms with van der Waals surface area (Å²) in [5.41, 5.74) is -0.789. The van der Waals surface area contributed by atoms with Gasteiger partial charge >= 0.3 is 12.4 Å². The lowest BCUT2D eigenvalue weighted by Crippen LogP contribution is -2.46. The number of likely N-dealkylation sites (tertiary alicyclic amines) is 2. The van der Waals surface area contributed by atoms with E-state index in [0.717, 1.165) is 63.8 Å². The van der Waals surface area contributed by atoms with Gasteiger partial charge in [-0.1, -0.05) is 64.8 Å². The molecule has 5 rings (SSSR count). The molecule has 2 atom stereocenters.